The van der Waals surface area contributed by atoms with Crippen molar-refractivity contribution in [2.75, 3.05) is 36.6 Å². The third-order valence-corrected chi connectivity index (χ3v) is 5.48. The van der Waals surface area contributed by atoms with E-state index >= 15 is 0 Å². The number of methoxy groups -OCH3 is 1. The molecule has 2 atom stereocenters. The molecule has 2 saturated heterocycles. The Balaban J connectivity index is 0.00000225. The van der Waals surface area contributed by atoms with Crippen molar-refractivity contribution in [3.05, 3.63) is 24.3 Å². The maximum Gasteiger partial charge on any atom is 0.249 e. The van der Waals surface area contributed by atoms with E-state index in [1.54, 1.807) is 12.0 Å². The van der Waals surface area contributed by atoms with E-state index in [1.165, 1.54) is 0 Å². The van der Waals surface area contributed by atoms with Crippen molar-refractivity contribution in [2.24, 2.45) is 0 Å². The highest BCUT2D eigenvalue weighted by Crippen LogP contribution is 2.31. The van der Waals surface area contributed by atoms with Crippen LogP contribution in [-0.4, -0.2) is 55.6 Å². The molecule has 2 amide bonds. The molecule has 0 spiro atoms. The Morgan fingerprint density at radius 1 is 1.44 bits per heavy atom. The molecule has 0 bridgehead atoms. The normalized spacial score (nSPS) is 23.1. The minimum Gasteiger partial charge on any atom is -0.495 e. The number of para-hydroxylation sites is 2. The number of anilines is 1. The lowest BCUT2D eigenvalue weighted by Crippen LogP contribution is -2.46. The van der Waals surface area contributed by atoms with Crippen LogP contribution < -0.4 is 20.3 Å². The Morgan fingerprint density at radius 3 is 2.96 bits per heavy atom. The van der Waals surface area contributed by atoms with Crippen LogP contribution in [0.3, 0.4) is 0 Å². The lowest BCUT2D eigenvalue weighted by atomic mass is 10.2. The second kappa shape index (κ2) is 9.31. The Kier molecular flexibility index (Phi) is 7.40. The van der Waals surface area contributed by atoms with Gasteiger partial charge in [-0.05, 0) is 18.6 Å². The Morgan fingerprint density at radius 2 is 2.24 bits per heavy atom. The van der Waals surface area contributed by atoms with Gasteiger partial charge in [0, 0.05) is 37.1 Å². The van der Waals surface area contributed by atoms with E-state index in [9.17, 15) is 9.59 Å². The minimum absolute atomic E-state index is 0. The van der Waals surface area contributed by atoms with Gasteiger partial charge in [0.15, 0.2) is 0 Å². The second-order valence-electron chi connectivity index (χ2n) is 6.00. The van der Waals surface area contributed by atoms with Gasteiger partial charge < -0.3 is 20.3 Å². The van der Waals surface area contributed by atoms with Gasteiger partial charge >= 0.3 is 0 Å². The maximum absolute atomic E-state index is 12.6. The van der Waals surface area contributed by atoms with Crippen molar-refractivity contribution < 1.29 is 14.3 Å². The zero-order valence-electron chi connectivity index (χ0n) is 14.2. The van der Waals surface area contributed by atoms with E-state index in [2.05, 4.69) is 10.6 Å². The number of thioether (sulfide) groups is 1. The number of benzene rings is 1. The number of nitrogens with zero attached hydrogens (tertiary/aromatic N) is 1. The molecular weight excluding hydrogens is 362 g/mol. The number of amides is 2. The Labute approximate surface area is 158 Å². The third kappa shape index (κ3) is 4.80. The minimum atomic E-state index is -0.446. The van der Waals surface area contributed by atoms with Gasteiger partial charge in [-0.1, -0.05) is 12.1 Å². The van der Waals surface area contributed by atoms with Crippen LogP contribution in [0.5, 0.6) is 5.75 Å². The second-order valence-corrected chi connectivity index (χ2v) is 7.15. The standard InChI is InChI=1S/C17H23N3O3S.ClH/c1-23-15-5-3-2-4-14(15)20-8-6-13(17(20)22)19-16(21)10-12-11-24-9-7-18-12;/h2-5,12-13,18H,6-11H2,1H3,(H,19,21);1H. The molecule has 0 saturated carbocycles. The topological polar surface area (TPSA) is 70.7 Å². The molecule has 8 heteroatoms. The number of hydrogen-bond acceptors (Lipinski definition) is 5. The lowest BCUT2D eigenvalue weighted by molar-refractivity contribution is -0.126. The van der Waals surface area contributed by atoms with E-state index in [1.807, 2.05) is 36.0 Å². The van der Waals surface area contributed by atoms with Gasteiger partial charge in [-0.3, -0.25) is 9.59 Å². The lowest BCUT2D eigenvalue weighted by Gasteiger charge is -2.23. The van der Waals surface area contributed by atoms with Crippen molar-refractivity contribution in [2.45, 2.75) is 24.9 Å². The molecule has 1 aromatic rings. The van der Waals surface area contributed by atoms with Crippen LogP contribution in [-0.2, 0) is 9.59 Å². The molecule has 138 valence electrons. The van der Waals surface area contributed by atoms with Crippen LogP contribution in [0.4, 0.5) is 5.69 Å². The molecule has 0 aliphatic carbocycles. The molecule has 25 heavy (non-hydrogen) atoms. The molecule has 2 N–H and O–H groups in total. The third-order valence-electron chi connectivity index (χ3n) is 4.35. The monoisotopic (exact) mass is 385 g/mol. The van der Waals surface area contributed by atoms with Gasteiger partial charge in [0.1, 0.15) is 11.8 Å². The van der Waals surface area contributed by atoms with E-state index in [4.69, 9.17) is 4.74 Å². The highest BCUT2D eigenvalue weighted by Gasteiger charge is 2.35. The summed E-state index contributed by atoms with van der Waals surface area (Å²) in [6.45, 7) is 1.52. The quantitative estimate of drug-likeness (QED) is 0.802. The summed E-state index contributed by atoms with van der Waals surface area (Å²) < 4.78 is 5.33. The van der Waals surface area contributed by atoms with Gasteiger partial charge in [-0.2, -0.15) is 11.8 Å². The summed E-state index contributed by atoms with van der Waals surface area (Å²) in [5.41, 5.74) is 0.757. The SMILES string of the molecule is COc1ccccc1N1CCC(NC(=O)CC2CSCCN2)C1=O.Cl. The zero-order valence-corrected chi connectivity index (χ0v) is 15.8. The van der Waals surface area contributed by atoms with Crippen LogP contribution in [0.15, 0.2) is 24.3 Å². The molecule has 1 aromatic carbocycles. The van der Waals surface area contributed by atoms with Gasteiger partial charge in [0.25, 0.3) is 0 Å². The fourth-order valence-electron chi connectivity index (χ4n) is 3.13. The van der Waals surface area contributed by atoms with Crippen molar-refractivity contribution in [3.63, 3.8) is 0 Å². The number of carbonyl (C=O) groups is 2. The van der Waals surface area contributed by atoms with Crippen molar-refractivity contribution in [1.29, 1.82) is 0 Å². The van der Waals surface area contributed by atoms with E-state index in [0.29, 0.717) is 25.1 Å². The molecule has 0 aromatic heterocycles. The molecular formula is C17H24ClN3O3S. The molecule has 6 nitrogen and oxygen atoms in total. The number of nitrogens with one attached hydrogen (secondary N) is 2. The van der Waals surface area contributed by atoms with Crippen molar-refractivity contribution >= 4 is 41.7 Å². The van der Waals surface area contributed by atoms with Gasteiger partial charge in [0.2, 0.25) is 11.8 Å². The fourth-order valence-corrected chi connectivity index (χ4v) is 4.08. The number of hydrogen-bond donors (Lipinski definition) is 2. The molecule has 2 aliphatic rings. The van der Waals surface area contributed by atoms with Gasteiger partial charge in [0.05, 0.1) is 12.8 Å². The van der Waals surface area contributed by atoms with Crippen molar-refractivity contribution in [1.82, 2.24) is 10.6 Å². The Hall–Kier alpha value is -1.44. The number of rotatable bonds is 5. The highest BCUT2D eigenvalue weighted by molar-refractivity contribution is 7.99. The first kappa shape index (κ1) is 19.9. The average Bonchev–Trinajstić information content (AvgIpc) is 2.96. The van der Waals surface area contributed by atoms with Crippen LogP contribution in [0.2, 0.25) is 0 Å². The summed E-state index contributed by atoms with van der Waals surface area (Å²) in [5, 5.41) is 6.24. The smallest absolute Gasteiger partial charge is 0.249 e. The largest absolute Gasteiger partial charge is 0.495 e. The number of carbonyl (C=O) groups excluding carboxylic acids is 2. The molecule has 0 radical (unpaired) electrons. The first-order chi connectivity index (χ1) is 11.7. The molecule has 2 unspecified atom stereocenters. The predicted octanol–water partition coefficient (Wildman–Crippen LogP) is 1.43. The summed E-state index contributed by atoms with van der Waals surface area (Å²) >= 11 is 1.86. The Bertz CT molecular complexity index is 611. The zero-order chi connectivity index (χ0) is 16.9. The van der Waals surface area contributed by atoms with Gasteiger partial charge in [-0.25, -0.2) is 0 Å². The van der Waals surface area contributed by atoms with Crippen LogP contribution >= 0.6 is 24.2 Å². The summed E-state index contributed by atoms with van der Waals surface area (Å²) in [6.07, 6.45) is 1.04. The summed E-state index contributed by atoms with van der Waals surface area (Å²) in [4.78, 5) is 26.6. The fraction of sp³-hybridized carbons (Fsp3) is 0.529. The number of ether oxygens (including phenoxy) is 1. The summed E-state index contributed by atoms with van der Waals surface area (Å²) in [6, 6.07) is 7.20. The van der Waals surface area contributed by atoms with E-state index < -0.39 is 6.04 Å². The van der Waals surface area contributed by atoms with E-state index in [-0.39, 0.29) is 30.3 Å². The van der Waals surface area contributed by atoms with Crippen molar-refractivity contribution in [3.8, 4) is 5.75 Å². The number of halogens is 1. The average molecular weight is 386 g/mol. The van der Waals surface area contributed by atoms with E-state index in [0.717, 1.165) is 23.7 Å². The summed E-state index contributed by atoms with van der Waals surface area (Å²) in [7, 11) is 1.59. The molecule has 2 fully saturated rings. The van der Waals surface area contributed by atoms with Gasteiger partial charge in [-0.15, -0.1) is 12.4 Å². The molecule has 3 rings (SSSR count). The van der Waals surface area contributed by atoms with Crippen LogP contribution in [0, 0.1) is 0 Å². The molecule has 2 heterocycles. The van der Waals surface area contributed by atoms with Crippen LogP contribution in [0.1, 0.15) is 12.8 Å². The maximum atomic E-state index is 12.6. The molecule has 2 aliphatic heterocycles. The van der Waals surface area contributed by atoms with Crippen LogP contribution in [0.25, 0.3) is 0 Å². The first-order valence-corrected chi connectivity index (χ1v) is 9.39. The highest BCUT2D eigenvalue weighted by atomic mass is 35.5. The summed E-state index contributed by atoms with van der Waals surface area (Å²) in [5.74, 6) is 2.57. The first-order valence-electron chi connectivity index (χ1n) is 8.24. The predicted molar refractivity (Wildman–Crippen MR) is 103 cm³/mol.